The van der Waals surface area contributed by atoms with Crippen LogP contribution in [-0.4, -0.2) is 86.7 Å². The number of carbonyl (C=O) groups excluding carboxylic acids is 1. The van der Waals surface area contributed by atoms with Crippen molar-refractivity contribution in [3.05, 3.63) is 70.3 Å². The Morgan fingerprint density at radius 3 is 2.80 bits per heavy atom. The van der Waals surface area contributed by atoms with E-state index >= 15 is 0 Å². The first kappa shape index (κ1) is 32.8. The van der Waals surface area contributed by atoms with E-state index in [4.69, 9.17) is 25.8 Å². The molecule has 0 unspecified atom stereocenters. The molecule has 10 heteroatoms. The standard InChI is InChI=1S/C36H45ClN2O7/c1-38-15-4-3-7-31(44-2)28-11-8-25(28)19-39-21-35(14-5-6-24-16-27(37)10-12-29(24)35)22-46-32-13-9-26(17-30(32)39)36(43,18-33(38)40)23-45-20-34(41)42/h3,7,9-10,12-13,16-17,25,28,31,43H,4-6,8,11,14-15,18-23H2,1-2H3,(H,41,42)/b7-3+/t25-,28+,31-,35-,36-/m0/s1. The molecule has 6 rings (SSSR count). The van der Waals surface area contributed by atoms with Gasteiger partial charge in [0.1, 0.15) is 18.0 Å². The summed E-state index contributed by atoms with van der Waals surface area (Å²) in [5.74, 6) is 0.0729. The highest BCUT2D eigenvalue weighted by atomic mass is 35.5. The van der Waals surface area contributed by atoms with Crippen LogP contribution in [0.15, 0.2) is 48.6 Å². The number of ether oxygens (including phenoxy) is 3. The van der Waals surface area contributed by atoms with E-state index in [1.54, 1.807) is 25.1 Å². The molecular formula is C36H45ClN2O7. The minimum Gasteiger partial charge on any atom is -0.490 e. The zero-order chi connectivity index (χ0) is 32.5. The van der Waals surface area contributed by atoms with Crippen LogP contribution in [0.4, 0.5) is 5.69 Å². The van der Waals surface area contributed by atoms with Crippen LogP contribution in [-0.2, 0) is 36.5 Å². The van der Waals surface area contributed by atoms with Crippen LogP contribution >= 0.6 is 11.6 Å². The molecule has 0 aromatic heterocycles. The van der Waals surface area contributed by atoms with Crippen molar-refractivity contribution in [2.75, 3.05) is 58.5 Å². The first-order valence-corrected chi connectivity index (χ1v) is 16.8. The fourth-order valence-corrected chi connectivity index (χ4v) is 8.08. The minimum absolute atomic E-state index is 0.00956. The largest absolute Gasteiger partial charge is 0.490 e. The number of anilines is 1. The minimum atomic E-state index is -1.74. The first-order chi connectivity index (χ1) is 22.1. The van der Waals surface area contributed by atoms with Gasteiger partial charge < -0.3 is 34.2 Å². The van der Waals surface area contributed by atoms with Gasteiger partial charge in [-0.1, -0.05) is 35.9 Å². The second kappa shape index (κ2) is 13.6. The molecular weight excluding hydrogens is 608 g/mol. The Labute approximate surface area is 276 Å². The van der Waals surface area contributed by atoms with Gasteiger partial charge in [0.15, 0.2) is 0 Å². The highest BCUT2D eigenvalue weighted by Crippen LogP contribution is 2.47. The molecule has 2 aromatic carbocycles. The molecule has 4 aliphatic rings. The maximum atomic E-state index is 13.4. The van der Waals surface area contributed by atoms with Crippen molar-refractivity contribution in [2.45, 2.75) is 62.1 Å². The molecule has 1 amide bonds. The van der Waals surface area contributed by atoms with Crippen LogP contribution in [0.25, 0.3) is 0 Å². The predicted octanol–water partition coefficient (Wildman–Crippen LogP) is 4.95. The lowest BCUT2D eigenvalue weighted by molar-refractivity contribution is -0.148. The van der Waals surface area contributed by atoms with E-state index in [0.717, 1.165) is 61.7 Å². The molecule has 2 aromatic rings. The number of carbonyl (C=O) groups is 2. The Kier molecular flexibility index (Phi) is 9.67. The summed E-state index contributed by atoms with van der Waals surface area (Å²) in [5.41, 5.74) is 1.89. The molecule has 46 heavy (non-hydrogen) atoms. The molecule has 1 spiro atoms. The zero-order valence-electron chi connectivity index (χ0n) is 26.8. The topological polar surface area (TPSA) is 109 Å². The van der Waals surface area contributed by atoms with Gasteiger partial charge >= 0.3 is 5.97 Å². The molecule has 1 fully saturated rings. The number of carboxylic acid groups (broad SMARTS) is 1. The van der Waals surface area contributed by atoms with E-state index < -0.39 is 18.2 Å². The number of aliphatic carboxylic acids is 1. The Bertz CT molecular complexity index is 1480. The van der Waals surface area contributed by atoms with Crippen LogP contribution in [0, 0.1) is 11.8 Å². The van der Waals surface area contributed by atoms with Gasteiger partial charge in [-0.3, -0.25) is 4.79 Å². The molecule has 0 radical (unpaired) electrons. The van der Waals surface area contributed by atoms with Crippen LogP contribution < -0.4 is 9.64 Å². The number of rotatable bonds is 5. The third kappa shape index (κ3) is 6.65. The zero-order valence-corrected chi connectivity index (χ0v) is 27.5. The fraction of sp³-hybridized carbons (Fsp3) is 0.556. The molecule has 0 saturated heterocycles. The van der Waals surface area contributed by atoms with E-state index in [0.29, 0.717) is 37.0 Å². The van der Waals surface area contributed by atoms with Gasteiger partial charge in [-0.2, -0.15) is 0 Å². The van der Waals surface area contributed by atoms with Crippen molar-refractivity contribution < 1.29 is 34.0 Å². The summed E-state index contributed by atoms with van der Waals surface area (Å²) in [4.78, 5) is 28.7. The van der Waals surface area contributed by atoms with Crippen molar-refractivity contribution >= 4 is 29.2 Å². The molecule has 5 atom stereocenters. The average Bonchev–Trinajstić information content (AvgIpc) is 3.16. The number of hydrogen-bond acceptors (Lipinski definition) is 7. The number of methoxy groups -OCH3 is 1. The third-order valence-electron chi connectivity index (χ3n) is 10.6. The number of nitrogens with zero attached hydrogens (tertiary/aromatic N) is 2. The molecule has 1 saturated carbocycles. The SMILES string of the molecule is CO[C@H]1/C=C/CCN(C)C(=O)C[C@](O)(COCC(=O)O)c2ccc3c(c2)N(C[C@@H]2CC[C@H]21)C[C@@]1(CCCc2cc(Cl)ccc21)CO3. The van der Waals surface area contributed by atoms with Crippen molar-refractivity contribution in [3.63, 3.8) is 0 Å². The lowest BCUT2D eigenvalue weighted by Crippen LogP contribution is -2.49. The van der Waals surface area contributed by atoms with Crippen LogP contribution in [0.3, 0.4) is 0 Å². The van der Waals surface area contributed by atoms with Gasteiger partial charge in [0, 0.05) is 44.2 Å². The highest BCUT2D eigenvalue weighted by molar-refractivity contribution is 6.30. The summed E-state index contributed by atoms with van der Waals surface area (Å²) in [6.45, 7) is 1.59. The number of benzene rings is 2. The van der Waals surface area contributed by atoms with Crippen molar-refractivity contribution in [3.8, 4) is 5.75 Å². The van der Waals surface area contributed by atoms with Crippen LogP contribution in [0.5, 0.6) is 5.75 Å². The summed E-state index contributed by atoms with van der Waals surface area (Å²) >= 11 is 6.44. The maximum absolute atomic E-state index is 13.4. The van der Waals surface area contributed by atoms with Crippen molar-refractivity contribution in [1.82, 2.24) is 4.90 Å². The quantitative estimate of drug-likeness (QED) is 0.437. The fourth-order valence-electron chi connectivity index (χ4n) is 7.89. The molecule has 2 aliphatic heterocycles. The van der Waals surface area contributed by atoms with Crippen LogP contribution in [0.1, 0.15) is 55.2 Å². The molecule has 9 nitrogen and oxygen atoms in total. The summed E-state index contributed by atoms with van der Waals surface area (Å²) in [6.07, 6.45) is 9.77. The summed E-state index contributed by atoms with van der Waals surface area (Å²) < 4.78 is 18.1. The number of aliphatic hydroxyl groups is 1. The van der Waals surface area contributed by atoms with E-state index in [1.165, 1.54) is 11.1 Å². The van der Waals surface area contributed by atoms with Gasteiger partial charge in [0.25, 0.3) is 0 Å². The van der Waals surface area contributed by atoms with E-state index in [1.807, 2.05) is 18.2 Å². The summed E-state index contributed by atoms with van der Waals surface area (Å²) in [7, 11) is 3.49. The Morgan fingerprint density at radius 2 is 2.04 bits per heavy atom. The smallest absolute Gasteiger partial charge is 0.329 e. The number of amides is 1. The number of hydrogen-bond donors (Lipinski definition) is 2. The maximum Gasteiger partial charge on any atom is 0.329 e. The molecule has 2 aliphatic carbocycles. The van der Waals surface area contributed by atoms with E-state index in [2.05, 4.69) is 29.2 Å². The number of aryl methyl sites for hydroxylation is 1. The van der Waals surface area contributed by atoms with Gasteiger partial charge in [-0.25, -0.2) is 4.79 Å². The van der Waals surface area contributed by atoms with Crippen LogP contribution in [0.2, 0.25) is 5.02 Å². The van der Waals surface area contributed by atoms with Gasteiger partial charge in [0.2, 0.25) is 5.91 Å². The van der Waals surface area contributed by atoms with E-state index in [9.17, 15) is 19.8 Å². The summed E-state index contributed by atoms with van der Waals surface area (Å²) in [5, 5.41) is 22.1. The highest BCUT2D eigenvalue weighted by Gasteiger charge is 2.45. The Morgan fingerprint density at radius 1 is 1.20 bits per heavy atom. The van der Waals surface area contributed by atoms with Crippen molar-refractivity contribution in [1.29, 1.82) is 0 Å². The second-order valence-electron chi connectivity index (χ2n) is 13.6. The van der Waals surface area contributed by atoms with Crippen molar-refractivity contribution in [2.24, 2.45) is 11.8 Å². The molecule has 2 heterocycles. The first-order valence-electron chi connectivity index (χ1n) is 16.4. The molecule has 2 N–H and O–H groups in total. The number of carboxylic acids is 1. The second-order valence-corrected chi connectivity index (χ2v) is 14.1. The molecule has 2 bridgehead atoms. The average molecular weight is 653 g/mol. The Balaban J connectivity index is 1.44. The third-order valence-corrected chi connectivity index (χ3v) is 10.8. The number of fused-ring (bicyclic) bond motifs is 4. The lowest BCUT2D eigenvalue weighted by atomic mass is 9.68. The van der Waals surface area contributed by atoms with Gasteiger partial charge in [0.05, 0.1) is 31.4 Å². The predicted molar refractivity (Wildman–Crippen MR) is 176 cm³/mol. The monoisotopic (exact) mass is 652 g/mol. The lowest BCUT2D eigenvalue weighted by Gasteiger charge is -2.46. The van der Waals surface area contributed by atoms with Gasteiger partial charge in [-0.05, 0) is 91.3 Å². The Hall–Kier alpha value is -3.11. The number of halogens is 1. The van der Waals surface area contributed by atoms with Gasteiger partial charge in [-0.15, -0.1) is 0 Å². The molecule has 248 valence electrons. The summed E-state index contributed by atoms with van der Waals surface area (Å²) in [6, 6.07) is 11.8. The normalized spacial score (nSPS) is 30.4. The van der Waals surface area contributed by atoms with E-state index in [-0.39, 0.29) is 30.5 Å².